The molecule has 0 saturated carbocycles. The van der Waals surface area contributed by atoms with Crippen molar-refractivity contribution in [3.05, 3.63) is 46.2 Å². The molecule has 0 aliphatic carbocycles. The maximum Gasteiger partial charge on any atom is 0.120 e. The van der Waals surface area contributed by atoms with Crippen LogP contribution in [-0.4, -0.2) is 16.4 Å². The summed E-state index contributed by atoms with van der Waals surface area (Å²) in [4.78, 5) is 0. The van der Waals surface area contributed by atoms with Gasteiger partial charge in [0, 0.05) is 12.1 Å². The van der Waals surface area contributed by atoms with Gasteiger partial charge in [-0.2, -0.15) is 5.10 Å². The predicted octanol–water partition coefficient (Wildman–Crippen LogP) is 2.31. The molecule has 1 heterocycles. The first kappa shape index (κ1) is 14.1. The number of rotatable bonds is 5. The van der Waals surface area contributed by atoms with Crippen LogP contribution in [0.4, 0.5) is 0 Å². The van der Waals surface area contributed by atoms with E-state index in [1.54, 1.807) is 30.1 Å². The number of halogens is 2. The summed E-state index contributed by atoms with van der Waals surface area (Å²) in [6.07, 6.45) is 1.57. The number of hydrogen-bond donors (Lipinski definition) is 2. The molecule has 1 aromatic heterocycles. The van der Waals surface area contributed by atoms with Crippen molar-refractivity contribution in [3.63, 3.8) is 0 Å². The van der Waals surface area contributed by atoms with Gasteiger partial charge in [-0.15, -0.1) is 0 Å². The Kier molecular flexibility index (Phi) is 4.66. The van der Waals surface area contributed by atoms with Crippen LogP contribution in [0, 0.1) is 0 Å². The van der Waals surface area contributed by atoms with Crippen molar-refractivity contribution in [1.29, 1.82) is 0 Å². The quantitative estimate of drug-likeness (QED) is 0.657. The average Bonchev–Trinajstić information content (AvgIpc) is 2.71. The van der Waals surface area contributed by atoms with Crippen LogP contribution in [0.25, 0.3) is 0 Å². The minimum Gasteiger partial charge on any atom is -0.491 e. The minimum atomic E-state index is -0.265. The van der Waals surface area contributed by atoms with Gasteiger partial charge in [0.15, 0.2) is 0 Å². The van der Waals surface area contributed by atoms with E-state index >= 15 is 0 Å². The SMILES string of the molecule is Cn1ncc(Cl)c1C(COc1cccc(Cl)c1)NN. The molecule has 1 atom stereocenters. The molecule has 2 aromatic rings. The van der Waals surface area contributed by atoms with Gasteiger partial charge in [0.25, 0.3) is 0 Å². The van der Waals surface area contributed by atoms with Crippen LogP contribution in [0.3, 0.4) is 0 Å². The van der Waals surface area contributed by atoms with Gasteiger partial charge < -0.3 is 4.74 Å². The highest BCUT2D eigenvalue weighted by Gasteiger charge is 2.18. The van der Waals surface area contributed by atoms with Crippen molar-refractivity contribution < 1.29 is 4.74 Å². The molecule has 0 fully saturated rings. The van der Waals surface area contributed by atoms with Gasteiger partial charge in [0.1, 0.15) is 12.4 Å². The molecule has 0 saturated heterocycles. The zero-order valence-corrected chi connectivity index (χ0v) is 11.8. The zero-order valence-electron chi connectivity index (χ0n) is 10.3. The maximum atomic E-state index is 6.07. The van der Waals surface area contributed by atoms with Gasteiger partial charge in [-0.05, 0) is 18.2 Å². The first-order valence-corrected chi connectivity index (χ1v) is 6.39. The summed E-state index contributed by atoms with van der Waals surface area (Å²) < 4.78 is 7.31. The third-order valence-electron chi connectivity index (χ3n) is 2.68. The van der Waals surface area contributed by atoms with Gasteiger partial charge in [0.2, 0.25) is 0 Å². The van der Waals surface area contributed by atoms with Crippen molar-refractivity contribution in [2.45, 2.75) is 6.04 Å². The average molecular weight is 301 g/mol. The molecule has 0 radical (unpaired) electrons. The fourth-order valence-electron chi connectivity index (χ4n) is 1.75. The first-order valence-electron chi connectivity index (χ1n) is 5.63. The molecule has 0 aliphatic rings. The van der Waals surface area contributed by atoms with Crippen LogP contribution < -0.4 is 16.0 Å². The summed E-state index contributed by atoms with van der Waals surface area (Å²) in [7, 11) is 1.80. The Morgan fingerprint density at radius 1 is 1.47 bits per heavy atom. The summed E-state index contributed by atoms with van der Waals surface area (Å²) in [6.45, 7) is 0.316. The third-order valence-corrected chi connectivity index (χ3v) is 3.21. The summed E-state index contributed by atoms with van der Waals surface area (Å²) >= 11 is 12.0. The lowest BCUT2D eigenvalue weighted by Gasteiger charge is -2.17. The van der Waals surface area contributed by atoms with Crippen molar-refractivity contribution in [2.24, 2.45) is 12.9 Å². The van der Waals surface area contributed by atoms with Gasteiger partial charge in [-0.1, -0.05) is 29.3 Å². The van der Waals surface area contributed by atoms with E-state index in [1.807, 2.05) is 12.1 Å². The smallest absolute Gasteiger partial charge is 0.120 e. The Bertz CT molecular complexity index is 539. The number of nitrogens with zero attached hydrogens (tertiary/aromatic N) is 2. The molecule has 0 aliphatic heterocycles. The fraction of sp³-hybridized carbons (Fsp3) is 0.250. The molecule has 102 valence electrons. The van der Waals surface area contributed by atoms with E-state index in [1.165, 1.54) is 0 Å². The molecule has 19 heavy (non-hydrogen) atoms. The summed E-state index contributed by atoms with van der Waals surface area (Å²) in [5.74, 6) is 6.21. The number of ether oxygens (including phenoxy) is 1. The number of aryl methyl sites for hydroxylation is 1. The number of hydrazine groups is 1. The number of aromatic nitrogens is 2. The molecule has 0 spiro atoms. The summed E-state index contributed by atoms with van der Waals surface area (Å²) in [6, 6.07) is 6.90. The Hall–Kier alpha value is -1.27. The maximum absolute atomic E-state index is 6.07. The highest BCUT2D eigenvalue weighted by molar-refractivity contribution is 6.31. The molecular formula is C12H14Cl2N4O. The molecule has 7 heteroatoms. The lowest BCUT2D eigenvalue weighted by molar-refractivity contribution is 0.261. The second kappa shape index (κ2) is 6.25. The molecule has 1 aromatic carbocycles. The van der Waals surface area contributed by atoms with Crippen molar-refractivity contribution in [1.82, 2.24) is 15.2 Å². The highest BCUT2D eigenvalue weighted by Crippen LogP contribution is 2.23. The van der Waals surface area contributed by atoms with Crippen molar-refractivity contribution in [3.8, 4) is 5.75 Å². The molecule has 0 amide bonds. The monoisotopic (exact) mass is 300 g/mol. The lowest BCUT2D eigenvalue weighted by atomic mass is 10.2. The van der Waals surface area contributed by atoms with Gasteiger partial charge in [-0.3, -0.25) is 10.5 Å². The van der Waals surface area contributed by atoms with Crippen LogP contribution in [0.2, 0.25) is 10.0 Å². The Labute approximate surface area is 121 Å². The first-order chi connectivity index (χ1) is 9.11. The fourth-order valence-corrected chi connectivity index (χ4v) is 2.23. The van der Waals surface area contributed by atoms with E-state index in [9.17, 15) is 0 Å². The molecule has 5 nitrogen and oxygen atoms in total. The van der Waals surface area contributed by atoms with Crippen molar-refractivity contribution >= 4 is 23.2 Å². The number of benzene rings is 1. The minimum absolute atomic E-state index is 0.265. The number of hydrogen-bond acceptors (Lipinski definition) is 4. The molecule has 1 unspecified atom stereocenters. The predicted molar refractivity (Wildman–Crippen MR) is 75.2 cm³/mol. The largest absolute Gasteiger partial charge is 0.491 e. The Balaban J connectivity index is 2.08. The number of nitrogens with two attached hydrogens (primary N) is 1. The van der Waals surface area contributed by atoms with Gasteiger partial charge in [0.05, 0.1) is 23.0 Å². The van der Waals surface area contributed by atoms with Crippen LogP contribution in [0.5, 0.6) is 5.75 Å². The van der Waals surface area contributed by atoms with Crippen LogP contribution in [0.15, 0.2) is 30.5 Å². The summed E-state index contributed by atoms with van der Waals surface area (Å²) in [5.41, 5.74) is 3.44. The standard InChI is InChI=1S/C12H14Cl2N4O/c1-18-12(10(14)6-16-18)11(17-15)7-19-9-4-2-3-8(13)5-9/h2-6,11,17H,7,15H2,1H3. The van der Waals surface area contributed by atoms with Gasteiger partial charge in [-0.25, -0.2) is 5.43 Å². The van der Waals surface area contributed by atoms with Gasteiger partial charge >= 0.3 is 0 Å². The van der Waals surface area contributed by atoms with Crippen LogP contribution >= 0.6 is 23.2 Å². The topological polar surface area (TPSA) is 65.1 Å². The molecule has 2 rings (SSSR count). The Morgan fingerprint density at radius 3 is 2.84 bits per heavy atom. The van der Waals surface area contributed by atoms with E-state index < -0.39 is 0 Å². The lowest BCUT2D eigenvalue weighted by Crippen LogP contribution is -2.34. The van der Waals surface area contributed by atoms with Crippen LogP contribution in [0.1, 0.15) is 11.7 Å². The Morgan fingerprint density at radius 2 is 2.26 bits per heavy atom. The summed E-state index contributed by atoms with van der Waals surface area (Å²) in [5, 5.41) is 5.23. The second-order valence-corrected chi connectivity index (χ2v) is 4.83. The van der Waals surface area contributed by atoms with E-state index in [2.05, 4.69) is 10.5 Å². The normalized spacial score (nSPS) is 12.4. The van der Waals surface area contributed by atoms with E-state index in [4.69, 9.17) is 33.8 Å². The molecule has 0 bridgehead atoms. The van der Waals surface area contributed by atoms with E-state index in [0.717, 1.165) is 5.69 Å². The van der Waals surface area contributed by atoms with E-state index in [0.29, 0.717) is 22.4 Å². The highest BCUT2D eigenvalue weighted by atomic mass is 35.5. The third kappa shape index (κ3) is 3.39. The molecule has 3 N–H and O–H groups in total. The second-order valence-electron chi connectivity index (χ2n) is 3.99. The van der Waals surface area contributed by atoms with E-state index in [-0.39, 0.29) is 6.04 Å². The number of nitrogens with one attached hydrogen (secondary N) is 1. The zero-order chi connectivity index (χ0) is 13.8. The van der Waals surface area contributed by atoms with Crippen molar-refractivity contribution in [2.75, 3.05) is 6.61 Å². The molecular weight excluding hydrogens is 287 g/mol. The van der Waals surface area contributed by atoms with Crippen LogP contribution in [-0.2, 0) is 7.05 Å².